The number of rotatable bonds is 5. The van der Waals surface area contributed by atoms with Crippen molar-refractivity contribution in [3.8, 4) is 17.0 Å². The predicted octanol–water partition coefficient (Wildman–Crippen LogP) is 3.69. The fourth-order valence-corrected chi connectivity index (χ4v) is 4.42. The molecule has 0 unspecified atom stereocenters. The van der Waals surface area contributed by atoms with Crippen molar-refractivity contribution in [3.05, 3.63) is 54.7 Å². The molecular weight excluding hydrogens is 418 g/mol. The predicted molar refractivity (Wildman–Crippen MR) is 116 cm³/mol. The van der Waals surface area contributed by atoms with Crippen LogP contribution in [0.2, 0.25) is 0 Å². The summed E-state index contributed by atoms with van der Waals surface area (Å²) < 4.78 is 31.9. The van der Waals surface area contributed by atoms with Crippen LogP contribution in [0.3, 0.4) is 0 Å². The number of benzene rings is 2. The highest BCUT2D eigenvalue weighted by Crippen LogP contribution is 2.35. The van der Waals surface area contributed by atoms with Gasteiger partial charge in [-0.2, -0.15) is 18.4 Å². The largest absolute Gasteiger partial charge is 0.434 e. The van der Waals surface area contributed by atoms with Crippen molar-refractivity contribution < 1.29 is 23.7 Å². The second-order valence-electron chi connectivity index (χ2n) is 8.11. The Morgan fingerprint density at radius 1 is 1.09 bits per heavy atom. The van der Waals surface area contributed by atoms with Gasteiger partial charge in [0, 0.05) is 23.2 Å². The number of aromatic nitrogens is 3. The quantitative estimate of drug-likeness (QED) is 0.438. The molecule has 32 heavy (non-hydrogen) atoms. The van der Waals surface area contributed by atoms with Crippen LogP contribution in [-0.4, -0.2) is 49.7 Å². The molecule has 166 valence electrons. The van der Waals surface area contributed by atoms with Gasteiger partial charge in [0.25, 0.3) is 0 Å². The molecule has 4 atom stereocenters. The van der Waals surface area contributed by atoms with Crippen molar-refractivity contribution >= 4 is 22.2 Å². The average Bonchev–Trinajstić information content (AvgIpc) is 3.31. The Hall–Kier alpha value is -3.30. The SMILES string of the molecule is C[C@@H]1C[C@@H](Nc2ccnc3cc(-c4ccc(OC(F)F)c5ccccc45)nn23)[C@H](O)[C@@H]1O. The number of aliphatic hydroxyl groups excluding tert-OH is 2. The zero-order valence-corrected chi connectivity index (χ0v) is 17.2. The zero-order chi connectivity index (χ0) is 22.4. The molecule has 0 radical (unpaired) electrons. The fraction of sp³-hybridized carbons (Fsp3) is 0.304. The minimum absolute atomic E-state index is 0.0200. The van der Waals surface area contributed by atoms with Crippen molar-refractivity contribution in [1.29, 1.82) is 0 Å². The summed E-state index contributed by atoms with van der Waals surface area (Å²) in [6.45, 7) is -1.01. The monoisotopic (exact) mass is 440 g/mol. The maximum Gasteiger partial charge on any atom is 0.387 e. The lowest BCUT2D eigenvalue weighted by atomic mass is 10.0. The molecule has 3 N–H and O–H groups in total. The molecule has 5 rings (SSSR count). The number of alkyl halides is 2. The van der Waals surface area contributed by atoms with E-state index in [1.165, 1.54) is 6.07 Å². The van der Waals surface area contributed by atoms with Crippen LogP contribution in [-0.2, 0) is 0 Å². The molecule has 1 saturated carbocycles. The Morgan fingerprint density at radius 2 is 1.88 bits per heavy atom. The van der Waals surface area contributed by atoms with E-state index in [9.17, 15) is 19.0 Å². The number of hydrogen-bond acceptors (Lipinski definition) is 6. The molecule has 2 aromatic carbocycles. The molecule has 7 nitrogen and oxygen atoms in total. The summed E-state index contributed by atoms with van der Waals surface area (Å²) in [7, 11) is 0. The molecule has 2 heterocycles. The highest BCUT2D eigenvalue weighted by molar-refractivity contribution is 5.99. The molecule has 0 aliphatic heterocycles. The van der Waals surface area contributed by atoms with Crippen molar-refractivity contribution in [2.24, 2.45) is 5.92 Å². The summed E-state index contributed by atoms with van der Waals surface area (Å²) in [6, 6.07) is 13.6. The summed E-state index contributed by atoms with van der Waals surface area (Å²) in [5, 5.41) is 29.7. The highest BCUT2D eigenvalue weighted by Gasteiger charge is 2.39. The van der Waals surface area contributed by atoms with Gasteiger partial charge in [-0.25, -0.2) is 4.98 Å². The molecule has 1 aliphatic rings. The van der Waals surface area contributed by atoms with Crippen LogP contribution in [0.25, 0.3) is 27.7 Å². The lowest BCUT2D eigenvalue weighted by Crippen LogP contribution is -2.35. The number of ether oxygens (including phenoxy) is 1. The van der Waals surface area contributed by atoms with Crippen LogP contribution in [0.4, 0.5) is 14.6 Å². The van der Waals surface area contributed by atoms with Crippen LogP contribution >= 0.6 is 0 Å². The molecule has 0 amide bonds. The molecule has 1 aliphatic carbocycles. The van der Waals surface area contributed by atoms with E-state index in [1.807, 2.05) is 25.1 Å². The molecule has 0 bridgehead atoms. The average molecular weight is 440 g/mol. The second-order valence-corrected chi connectivity index (χ2v) is 8.11. The Balaban J connectivity index is 1.55. The van der Waals surface area contributed by atoms with Gasteiger partial charge in [0.1, 0.15) is 17.7 Å². The van der Waals surface area contributed by atoms with Gasteiger partial charge in [0.2, 0.25) is 0 Å². The van der Waals surface area contributed by atoms with Gasteiger partial charge in [-0.15, -0.1) is 0 Å². The van der Waals surface area contributed by atoms with Gasteiger partial charge in [0.15, 0.2) is 5.65 Å². The Bertz CT molecular complexity index is 1280. The first-order valence-electron chi connectivity index (χ1n) is 10.4. The molecule has 0 saturated heterocycles. The number of anilines is 1. The maximum atomic E-state index is 12.8. The number of hydrogen-bond donors (Lipinski definition) is 3. The summed E-state index contributed by atoms with van der Waals surface area (Å²) in [5.74, 6) is 0.716. The Labute approximate surface area is 182 Å². The van der Waals surface area contributed by atoms with Gasteiger partial charge in [-0.1, -0.05) is 31.2 Å². The van der Waals surface area contributed by atoms with E-state index >= 15 is 0 Å². The fourth-order valence-electron chi connectivity index (χ4n) is 4.42. The summed E-state index contributed by atoms with van der Waals surface area (Å²) >= 11 is 0. The minimum Gasteiger partial charge on any atom is -0.434 e. The van der Waals surface area contributed by atoms with E-state index in [0.717, 1.165) is 10.9 Å². The van der Waals surface area contributed by atoms with E-state index < -0.39 is 18.8 Å². The van der Waals surface area contributed by atoms with Crippen LogP contribution in [0.1, 0.15) is 13.3 Å². The lowest BCUT2D eigenvalue weighted by molar-refractivity contribution is -0.0487. The maximum absolute atomic E-state index is 12.8. The number of halogens is 2. The zero-order valence-electron chi connectivity index (χ0n) is 17.2. The van der Waals surface area contributed by atoms with Gasteiger partial charge in [-0.05, 0) is 35.9 Å². The van der Waals surface area contributed by atoms with Crippen molar-refractivity contribution in [2.45, 2.75) is 38.2 Å². The van der Waals surface area contributed by atoms with Crippen molar-refractivity contribution in [2.75, 3.05) is 5.32 Å². The van der Waals surface area contributed by atoms with Crippen LogP contribution in [0.15, 0.2) is 54.7 Å². The van der Waals surface area contributed by atoms with Crippen molar-refractivity contribution in [3.63, 3.8) is 0 Å². The molecule has 9 heteroatoms. The van der Waals surface area contributed by atoms with Crippen LogP contribution in [0, 0.1) is 5.92 Å². The smallest absolute Gasteiger partial charge is 0.387 e. The van der Waals surface area contributed by atoms with Crippen LogP contribution < -0.4 is 10.1 Å². The van der Waals surface area contributed by atoms with Gasteiger partial charge < -0.3 is 20.3 Å². The molecule has 1 fully saturated rings. The molecular formula is C23H22F2N4O3. The topological polar surface area (TPSA) is 91.9 Å². The van der Waals surface area contributed by atoms with Gasteiger partial charge >= 0.3 is 6.61 Å². The van der Waals surface area contributed by atoms with E-state index in [1.54, 1.807) is 35.0 Å². The number of aliphatic hydroxyl groups is 2. The van der Waals surface area contributed by atoms with E-state index in [2.05, 4.69) is 20.1 Å². The Kier molecular flexibility index (Phi) is 5.15. The second kappa shape index (κ2) is 7.99. The summed E-state index contributed by atoms with van der Waals surface area (Å²) in [5.41, 5.74) is 1.96. The van der Waals surface area contributed by atoms with E-state index in [-0.39, 0.29) is 17.7 Å². The van der Waals surface area contributed by atoms with Crippen LogP contribution in [0.5, 0.6) is 5.75 Å². The molecule has 4 aromatic rings. The number of fused-ring (bicyclic) bond motifs is 2. The number of nitrogens with zero attached hydrogens (tertiary/aromatic N) is 3. The van der Waals surface area contributed by atoms with Gasteiger partial charge in [0.05, 0.1) is 17.8 Å². The first-order chi connectivity index (χ1) is 15.4. The first-order valence-corrected chi connectivity index (χ1v) is 10.4. The molecule has 0 spiro atoms. The van der Waals surface area contributed by atoms with Gasteiger partial charge in [-0.3, -0.25) is 0 Å². The minimum atomic E-state index is -2.91. The third kappa shape index (κ3) is 3.53. The first kappa shape index (κ1) is 20.6. The third-order valence-electron chi connectivity index (χ3n) is 6.04. The summed E-state index contributed by atoms with van der Waals surface area (Å²) in [6.07, 6.45) is 0.603. The van der Waals surface area contributed by atoms with E-state index in [0.29, 0.717) is 29.0 Å². The third-order valence-corrected chi connectivity index (χ3v) is 6.04. The normalized spacial score (nSPS) is 23.3. The van der Waals surface area contributed by atoms with E-state index in [4.69, 9.17) is 0 Å². The number of nitrogens with one attached hydrogen (secondary N) is 1. The summed E-state index contributed by atoms with van der Waals surface area (Å²) in [4.78, 5) is 4.37. The standard InChI is InChI=1S/C23H22F2N4O3/c1-12-10-17(22(31)21(12)30)27-19-8-9-26-20-11-16(28-29(19)20)14-6-7-18(32-23(24)25)15-5-3-2-4-13(14)15/h2-9,11-12,17,21-23,27,30-31H,10H2,1H3/t12-,17-,21-,22+/m1/s1. The van der Waals surface area contributed by atoms with Crippen molar-refractivity contribution in [1.82, 2.24) is 14.6 Å². The highest BCUT2D eigenvalue weighted by atomic mass is 19.3. The Morgan fingerprint density at radius 3 is 2.59 bits per heavy atom. The lowest BCUT2D eigenvalue weighted by Gasteiger charge is -2.19. The molecule has 2 aromatic heterocycles.